The minimum absolute atomic E-state index is 0.170. The molecule has 4 nitrogen and oxygen atoms in total. The number of benzene rings is 1. The standard InChI is InChI=1S/C10H10BNO3/c1-2-7-12-10(13)8-3-5-9(6-4-8)11(14)15/h1,3-6,14-15H,7H2,(H,12,13). The van der Waals surface area contributed by atoms with E-state index in [1.54, 1.807) is 0 Å². The van der Waals surface area contributed by atoms with Crippen molar-refractivity contribution in [3.8, 4) is 12.3 Å². The van der Waals surface area contributed by atoms with Crippen LogP contribution in [0.2, 0.25) is 0 Å². The van der Waals surface area contributed by atoms with E-state index in [1.165, 1.54) is 24.3 Å². The SMILES string of the molecule is C#CCNC(=O)c1ccc(B(O)O)cc1. The molecule has 0 saturated carbocycles. The Morgan fingerprint density at radius 2 is 2.00 bits per heavy atom. The summed E-state index contributed by atoms with van der Waals surface area (Å²) in [6.45, 7) is 0.170. The van der Waals surface area contributed by atoms with Crippen LogP contribution in [0.3, 0.4) is 0 Å². The summed E-state index contributed by atoms with van der Waals surface area (Å²) in [5.74, 6) is 2.00. The molecule has 3 N–H and O–H groups in total. The highest BCUT2D eigenvalue weighted by Gasteiger charge is 2.11. The predicted octanol–water partition coefficient (Wildman–Crippen LogP) is -1.27. The average Bonchev–Trinajstić information content (AvgIpc) is 2.26. The van der Waals surface area contributed by atoms with E-state index in [1.807, 2.05) is 0 Å². The Bertz CT molecular complexity index is 381. The number of rotatable bonds is 3. The van der Waals surface area contributed by atoms with Gasteiger partial charge in [0.2, 0.25) is 0 Å². The van der Waals surface area contributed by atoms with Gasteiger partial charge in [-0.25, -0.2) is 0 Å². The van der Waals surface area contributed by atoms with Gasteiger partial charge in [0.1, 0.15) is 0 Å². The molecule has 1 rings (SSSR count). The highest BCUT2D eigenvalue weighted by atomic mass is 16.4. The lowest BCUT2D eigenvalue weighted by molar-refractivity contribution is 0.0958. The highest BCUT2D eigenvalue weighted by molar-refractivity contribution is 6.58. The van der Waals surface area contributed by atoms with Crippen molar-refractivity contribution in [2.24, 2.45) is 0 Å². The third-order valence-corrected chi connectivity index (χ3v) is 1.82. The van der Waals surface area contributed by atoms with Crippen molar-refractivity contribution in [2.45, 2.75) is 0 Å². The van der Waals surface area contributed by atoms with Crippen molar-refractivity contribution in [1.29, 1.82) is 0 Å². The van der Waals surface area contributed by atoms with E-state index < -0.39 is 7.12 Å². The van der Waals surface area contributed by atoms with Crippen LogP contribution >= 0.6 is 0 Å². The molecule has 0 aromatic heterocycles. The molecule has 5 heteroatoms. The maximum absolute atomic E-state index is 11.4. The molecule has 0 aliphatic heterocycles. The molecule has 0 bridgehead atoms. The van der Waals surface area contributed by atoms with Crippen LogP contribution in [-0.4, -0.2) is 29.6 Å². The Kier molecular flexibility index (Phi) is 3.92. The summed E-state index contributed by atoms with van der Waals surface area (Å²) in [6, 6.07) is 5.94. The zero-order valence-electron chi connectivity index (χ0n) is 7.97. The van der Waals surface area contributed by atoms with Crippen molar-refractivity contribution in [3.63, 3.8) is 0 Å². The Morgan fingerprint density at radius 1 is 1.40 bits per heavy atom. The lowest BCUT2D eigenvalue weighted by atomic mass is 9.80. The van der Waals surface area contributed by atoms with Gasteiger partial charge in [0.15, 0.2) is 0 Å². The fourth-order valence-electron chi connectivity index (χ4n) is 1.04. The molecule has 0 unspecified atom stereocenters. The number of hydrogen-bond acceptors (Lipinski definition) is 3. The second-order valence-corrected chi connectivity index (χ2v) is 2.88. The number of amides is 1. The summed E-state index contributed by atoms with van der Waals surface area (Å²) in [6.07, 6.45) is 4.99. The molecule has 0 aliphatic carbocycles. The molecule has 76 valence electrons. The minimum Gasteiger partial charge on any atom is -0.423 e. The molecular formula is C10H10BNO3. The van der Waals surface area contributed by atoms with E-state index in [9.17, 15) is 4.79 Å². The van der Waals surface area contributed by atoms with E-state index in [2.05, 4.69) is 11.2 Å². The molecule has 0 saturated heterocycles. The predicted molar refractivity (Wildman–Crippen MR) is 57.4 cm³/mol. The van der Waals surface area contributed by atoms with Gasteiger partial charge in [-0.3, -0.25) is 4.79 Å². The Balaban J connectivity index is 2.72. The van der Waals surface area contributed by atoms with Crippen molar-refractivity contribution in [2.75, 3.05) is 6.54 Å². The number of carbonyl (C=O) groups excluding carboxylic acids is 1. The second-order valence-electron chi connectivity index (χ2n) is 2.88. The monoisotopic (exact) mass is 203 g/mol. The number of carbonyl (C=O) groups is 1. The van der Waals surface area contributed by atoms with Gasteiger partial charge in [-0.15, -0.1) is 6.42 Å². The molecule has 1 amide bonds. The van der Waals surface area contributed by atoms with Gasteiger partial charge in [-0.05, 0) is 17.6 Å². The molecule has 0 heterocycles. The topological polar surface area (TPSA) is 69.6 Å². The summed E-state index contributed by atoms with van der Waals surface area (Å²) in [7, 11) is -1.52. The molecule has 1 aromatic carbocycles. The molecule has 1 aromatic rings. The highest BCUT2D eigenvalue weighted by Crippen LogP contribution is 1.96. The van der Waals surface area contributed by atoms with Gasteiger partial charge in [-0.2, -0.15) is 0 Å². The summed E-state index contributed by atoms with van der Waals surface area (Å²) in [5.41, 5.74) is 0.762. The van der Waals surface area contributed by atoms with Gasteiger partial charge >= 0.3 is 7.12 Å². The number of terminal acetylenes is 1. The van der Waals surface area contributed by atoms with Gasteiger partial charge in [-0.1, -0.05) is 18.1 Å². The minimum atomic E-state index is -1.52. The Hall–Kier alpha value is -1.77. The molecule has 0 radical (unpaired) electrons. The molecule has 0 spiro atoms. The lowest BCUT2D eigenvalue weighted by Gasteiger charge is -2.03. The van der Waals surface area contributed by atoms with Crippen molar-refractivity contribution in [1.82, 2.24) is 5.32 Å². The van der Waals surface area contributed by atoms with Crippen LogP contribution in [-0.2, 0) is 0 Å². The van der Waals surface area contributed by atoms with Crippen LogP contribution in [0.5, 0.6) is 0 Å². The number of hydrogen-bond donors (Lipinski definition) is 3. The molecule has 0 aliphatic rings. The van der Waals surface area contributed by atoms with Crippen LogP contribution in [0.4, 0.5) is 0 Å². The van der Waals surface area contributed by atoms with Gasteiger partial charge < -0.3 is 15.4 Å². The van der Waals surface area contributed by atoms with Gasteiger partial charge in [0, 0.05) is 5.56 Å². The summed E-state index contributed by atoms with van der Waals surface area (Å²) < 4.78 is 0. The quantitative estimate of drug-likeness (QED) is 0.423. The first-order valence-electron chi connectivity index (χ1n) is 4.33. The third kappa shape index (κ3) is 3.13. The average molecular weight is 203 g/mol. The van der Waals surface area contributed by atoms with E-state index in [4.69, 9.17) is 16.5 Å². The molecule has 0 atom stereocenters. The first-order chi connectivity index (χ1) is 7.15. The third-order valence-electron chi connectivity index (χ3n) is 1.82. The van der Waals surface area contributed by atoms with E-state index in [0.29, 0.717) is 11.0 Å². The summed E-state index contributed by atoms with van der Waals surface area (Å²) >= 11 is 0. The van der Waals surface area contributed by atoms with E-state index >= 15 is 0 Å². The van der Waals surface area contributed by atoms with Crippen molar-refractivity contribution >= 4 is 18.5 Å². The Labute approximate surface area is 88.1 Å². The van der Waals surface area contributed by atoms with Crippen molar-refractivity contribution < 1.29 is 14.8 Å². The first kappa shape index (κ1) is 11.3. The van der Waals surface area contributed by atoms with Gasteiger partial charge in [0.25, 0.3) is 5.91 Å². The smallest absolute Gasteiger partial charge is 0.423 e. The van der Waals surface area contributed by atoms with Gasteiger partial charge in [0.05, 0.1) is 6.54 Å². The molecular weight excluding hydrogens is 193 g/mol. The van der Waals surface area contributed by atoms with Crippen LogP contribution < -0.4 is 10.8 Å². The summed E-state index contributed by atoms with van der Waals surface area (Å²) in [5, 5.41) is 20.1. The fraction of sp³-hybridized carbons (Fsp3) is 0.100. The van der Waals surface area contributed by atoms with Crippen LogP contribution in [0.1, 0.15) is 10.4 Å². The summed E-state index contributed by atoms with van der Waals surface area (Å²) in [4.78, 5) is 11.4. The molecule has 15 heavy (non-hydrogen) atoms. The first-order valence-corrected chi connectivity index (χ1v) is 4.33. The fourth-order valence-corrected chi connectivity index (χ4v) is 1.04. The van der Waals surface area contributed by atoms with E-state index in [0.717, 1.165) is 0 Å². The normalized spacial score (nSPS) is 9.13. The van der Waals surface area contributed by atoms with Crippen LogP contribution in [0, 0.1) is 12.3 Å². The zero-order chi connectivity index (χ0) is 11.3. The largest absolute Gasteiger partial charge is 0.488 e. The van der Waals surface area contributed by atoms with Crippen LogP contribution in [0.25, 0.3) is 0 Å². The Morgan fingerprint density at radius 3 is 2.47 bits per heavy atom. The lowest BCUT2D eigenvalue weighted by Crippen LogP contribution is -2.30. The maximum atomic E-state index is 11.4. The molecule has 0 fully saturated rings. The van der Waals surface area contributed by atoms with E-state index in [-0.39, 0.29) is 12.5 Å². The maximum Gasteiger partial charge on any atom is 0.488 e. The second kappa shape index (κ2) is 5.20. The zero-order valence-corrected chi connectivity index (χ0v) is 7.97. The number of nitrogens with one attached hydrogen (secondary N) is 1. The van der Waals surface area contributed by atoms with Crippen LogP contribution in [0.15, 0.2) is 24.3 Å². The van der Waals surface area contributed by atoms with Crippen molar-refractivity contribution in [3.05, 3.63) is 29.8 Å².